The first kappa shape index (κ1) is 33.8. The van der Waals surface area contributed by atoms with Gasteiger partial charge in [-0.1, -0.05) is 109 Å². The van der Waals surface area contributed by atoms with Crippen LogP contribution < -0.4 is 4.72 Å². The van der Waals surface area contributed by atoms with E-state index in [4.69, 9.17) is 9.47 Å². The molecule has 1 aromatic heterocycles. The van der Waals surface area contributed by atoms with E-state index in [2.05, 4.69) is 26.3 Å². The smallest absolute Gasteiger partial charge is 0.240 e. The summed E-state index contributed by atoms with van der Waals surface area (Å²) in [6, 6.07) is 41.7. The number of tetrazole rings is 1. The van der Waals surface area contributed by atoms with E-state index in [0.29, 0.717) is 17.3 Å². The van der Waals surface area contributed by atoms with Crippen LogP contribution in [0.1, 0.15) is 41.1 Å². The molecular weight excluding hydrogens is 671 g/mol. The highest BCUT2D eigenvalue weighted by molar-refractivity contribution is 7.99. The van der Waals surface area contributed by atoms with Gasteiger partial charge >= 0.3 is 0 Å². The predicted octanol–water partition coefficient (Wildman–Crippen LogP) is 6.64. The van der Waals surface area contributed by atoms with Crippen LogP contribution in [0.15, 0.2) is 144 Å². The van der Waals surface area contributed by atoms with E-state index in [9.17, 15) is 13.5 Å². The van der Waals surface area contributed by atoms with Gasteiger partial charge in [0.1, 0.15) is 0 Å². The monoisotopic (exact) mass is 705 g/mol. The third-order valence-corrected chi connectivity index (χ3v) is 10.9. The summed E-state index contributed by atoms with van der Waals surface area (Å²) in [6.07, 6.45) is -0.466. The van der Waals surface area contributed by atoms with Crippen molar-refractivity contribution in [3.05, 3.63) is 156 Å². The molecule has 2 N–H and O–H groups in total. The minimum atomic E-state index is -3.64. The molecule has 3 atom stereocenters. The number of rotatable bonds is 12. The van der Waals surface area contributed by atoms with E-state index in [1.807, 2.05) is 97.1 Å². The van der Waals surface area contributed by atoms with Crippen LogP contribution in [0.25, 0.3) is 16.8 Å². The van der Waals surface area contributed by atoms with Crippen LogP contribution in [0.5, 0.6) is 0 Å². The molecule has 254 valence electrons. The lowest BCUT2D eigenvalue weighted by atomic mass is 9.99. The fraction of sp³-hybridized carbons (Fsp3) is 0.184. The molecule has 5 aromatic carbocycles. The van der Waals surface area contributed by atoms with Gasteiger partial charge in [0.15, 0.2) is 6.29 Å². The molecule has 1 aliphatic rings. The summed E-state index contributed by atoms with van der Waals surface area (Å²) in [6.45, 7) is 0.128. The zero-order chi connectivity index (χ0) is 34.3. The predicted molar refractivity (Wildman–Crippen MR) is 191 cm³/mol. The number of aromatic nitrogens is 4. The first-order valence-electron chi connectivity index (χ1n) is 16.2. The maximum absolute atomic E-state index is 12.8. The molecule has 3 unspecified atom stereocenters. The van der Waals surface area contributed by atoms with Gasteiger partial charge in [-0.3, -0.25) is 0 Å². The van der Waals surface area contributed by atoms with Gasteiger partial charge in [0.25, 0.3) is 0 Å². The Bertz CT molecular complexity index is 2130. The van der Waals surface area contributed by atoms with Crippen molar-refractivity contribution in [2.45, 2.75) is 48.1 Å². The van der Waals surface area contributed by atoms with E-state index < -0.39 is 16.3 Å². The molecule has 1 aliphatic heterocycles. The van der Waals surface area contributed by atoms with Crippen molar-refractivity contribution in [2.75, 3.05) is 5.75 Å². The van der Waals surface area contributed by atoms with Gasteiger partial charge in [-0.2, -0.15) is 4.68 Å². The molecule has 1 fully saturated rings. The van der Waals surface area contributed by atoms with Crippen LogP contribution in [-0.4, -0.2) is 45.6 Å². The Kier molecular flexibility index (Phi) is 10.5. The summed E-state index contributed by atoms with van der Waals surface area (Å²) in [4.78, 5) is 0.227. The molecule has 0 bridgehead atoms. The largest absolute Gasteiger partial charge is 0.392 e. The first-order chi connectivity index (χ1) is 24.4. The molecule has 10 nitrogen and oxygen atoms in total. The van der Waals surface area contributed by atoms with Crippen molar-refractivity contribution < 1.29 is 23.0 Å². The van der Waals surface area contributed by atoms with Crippen molar-refractivity contribution >= 4 is 21.8 Å². The van der Waals surface area contributed by atoms with Crippen LogP contribution in [0, 0.1) is 0 Å². The Labute approximate surface area is 295 Å². The molecular formula is C38H35N5O5S2. The second-order valence-corrected chi connectivity index (χ2v) is 14.6. The number of sulfonamides is 1. The van der Waals surface area contributed by atoms with Crippen molar-refractivity contribution in [1.82, 2.24) is 24.9 Å². The topological polar surface area (TPSA) is 128 Å². The molecule has 0 amide bonds. The van der Waals surface area contributed by atoms with Gasteiger partial charge in [0.2, 0.25) is 15.2 Å². The van der Waals surface area contributed by atoms with E-state index in [1.165, 1.54) is 11.8 Å². The summed E-state index contributed by atoms with van der Waals surface area (Å²) in [5.74, 6) is 0.596. The minimum absolute atomic E-state index is 0.0279. The molecule has 0 saturated carbocycles. The van der Waals surface area contributed by atoms with Crippen molar-refractivity contribution in [1.29, 1.82) is 0 Å². The van der Waals surface area contributed by atoms with Crippen molar-refractivity contribution in [3.63, 3.8) is 0 Å². The van der Waals surface area contributed by atoms with Crippen LogP contribution in [0.3, 0.4) is 0 Å². The molecule has 50 heavy (non-hydrogen) atoms. The SMILES string of the molecule is O=S(=O)(NCc1cccc(-c2cccc(C3OC(CSc4nnnn4-c4ccccc4)CC(c4ccc(CO)cc4)O3)c2)c1)c1ccccc1. The molecule has 0 aliphatic carbocycles. The average Bonchev–Trinajstić information content (AvgIpc) is 3.66. The van der Waals surface area contributed by atoms with Crippen LogP contribution in [-0.2, 0) is 32.6 Å². The highest BCUT2D eigenvalue weighted by atomic mass is 32.2. The van der Waals surface area contributed by atoms with E-state index in [-0.39, 0.29) is 30.3 Å². The quantitative estimate of drug-likeness (QED) is 0.135. The Morgan fingerprint density at radius 1 is 0.780 bits per heavy atom. The van der Waals surface area contributed by atoms with Gasteiger partial charge in [-0.05, 0) is 74.6 Å². The highest BCUT2D eigenvalue weighted by Gasteiger charge is 2.33. The lowest BCUT2D eigenvalue weighted by Gasteiger charge is -2.36. The van der Waals surface area contributed by atoms with E-state index >= 15 is 0 Å². The number of aliphatic hydroxyl groups excluding tert-OH is 1. The average molecular weight is 706 g/mol. The number of nitrogens with one attached hydrogen (secondary N) is 1. The first-order valence-corrected chi connectivity index (χ1v) is 18.6. The van der Waals surface area contributed by atoms with Crippen molar-refractivity contribution in [3.8, 4) is 16.8 Å². The molecule has 7 rings (SSSR count). The van der Waals surface area contributed by atoms with Gasteiger partial charge in [0.05, 0.1) is 29.4 Å². The van der Waals surface area contributed by atoms with Gasteiger partial charge in [0, 0.05) is 24.3 Å². The number of aliphatic hydroxyl groups is 1. The van der Waals surface area contributed by atoms with E-state index in [0.717, 1.165) is 39.1 Å². The molecule has 6 aromatic rings. The standard InChI is InChI=1S/C38H35N5O5S2/c44-25-27-17-19-29(20-18-27)36-23-34(26-49-38-40-41-42-43(38)33-13-3-1-4-14-33)47-37(48-36)32-12-8-11-31(22-32)30-10-7-9-28(21-30)24-39-50(45,46)35-15-5-2-6-16-35/h1-22,34,36-37,39,44H,23-26H2. The third kappa shape index (κ3) is 8.02. The van der Waals surface area contributed by atoms with Gasteiger partial charge in [-0.25, -0.2) is 13.1 Å². The second kappa shape index (κ2) is 15.5. The Morgan fingerprint density at radius 3 is 2.26 bits per heavy atom. The molecule has 12 heteroatoms. The fourth-order valence-electron chi connectivity index (χ4n) is 5.78. The second-order valence-electron chi connectivity index (χ2n) is 11.8. The number of para-hydroxylation sites is 1. The molecule has 1 saturated heterocycles. The van der Waals surface area contributed by atoms with Crippen LogP contribution in [0.2, 0.25) is 0 Å². The van der Waals surface area contributed by atoms with Crippen molar-refractivity contribution in [2.24, 2.45) is 0 Å². The number of thioether (sulfide) groups is 1. The van der Waals surface area contributed by atoms with E-state index in [1.54, 1.807) is 35.0 Å². The zero-order valence-corrected chi connectivity index (χ0v) is 28.6. The lowest BCUT2D eigenvalue weighted by Crippen LogP contribution is -2.31. The molecule has 0 radical (unpaired) electrons. The summed E-state index contributed by atoms with van der Waals surface area (Å²) < 4.78 is 43.2. The number of hydrogen-bond acceptors (Lipinski definition) is 9. The Balaban J connectivity index is 1.10. The van der Waals surface area contributed by atoms with Gasteiger partial charge in [-0.15, -0.1) is 5.10 Å². The Hall–Kier alpha value is -4.69. The zero-order valence-electron chi connectivity index (χ0n) is 26.9. The summed E-state index contributed by atoms with van der Waals surface area (Å²) >= 11 is 1.53. The molecule has 0 spiro atoms. The molecule has 2 heterocycles. The van der Waals surface area contributed by atoms with Crippen LogP contribution >= 0.6 is 11.8 Å². The maximum atomic E-state index is 12.8. The number of hydrogen-bond donors (Lipinski definition) is 2. The van der Waals surface area contributed by atoms with Crippen LogP contribution in [0.4, 0.5) is 0 Å². The third-order valence-electron chi connectivity index (χ3n) is 8.39. The normalized spacial score (nSPS) is 17.8. The van der Waals surface area contributed by atoms with Gasteiger partial charge < -0.3 is 14.6 Å². The summed E-state index contributed by atoms with van der Waals surface area (Å²) in [7, 11) is -3.64. The highest BCUT2D eigenvalue weighted by Crippen LogP contribution is 2.40. The summed E-state index contributed by atoms with van der Waals surface area (Å²) in [5, 5.41) is 22.6. The number of nitrogens with zero attached hydrogens (tertiary/aromatic N) is 4. The lowest BCUT2D eigenvalue weighted by molar-refractivity contribution is -0.245. The minimum Gasteiger partial charge on any atom is -0.392 e. The Morgan fingerprint density at radius 2 is 1.50 bits per heavy atom. The number of benzene rings is 5. The number of ether oxygens (including phenoxy) is 2. The fourth-order valence-corrected chi connectivity index (χ4v) is 7.72. The summed E-state index contributed by atoms with van der Waals surface area (Å²) in [5.41, 5.74) is 6.29. The maximum Gasteiger partial charge on any atom is 0.240 e.